The number of benzene rings is 1. The van der Waals surface area contributed by atoms with Crippen molar-refractivity contribution < 1.29 is 14.1 Å². The summed E-state index contributed by atoms with van der Waals surface area (Å²) >= 11 is 0. The van der Waals surface area contributed by atoms with E-state index >= 15 is 0 Å². The van der Waals surface area contributed by atoms with Gasteiger partial charge in [-0.15, -0.1) is 5.10 Å². The number of nitrogens with zero attached hydrogens (tertiary/aromatic N) is 2. The average molecular weight is 204 g/mol. The van der Waals surface area contributed by atoms with Crippen LogP contribution >= 0.6 is 0 Å². The zero-order chi connectivity index (χ0) is 10.5. The van der Waals surface area contributed by atoms with Crippen molar-refractivity contribution in [3.63, 3.8) is 0 Å². The fourth-order valence-corrected chi connectivity index (χ4v) is 1.06. The van der Waals surface area contributed by atoms with Crippen LogP contribution in [0.2, 0.25) is 0 Å². The molecule has 5 nitrogen and oxygen atoms in total. The van der Waals surface area contributed by atoms with Crippen molar-refractivity contribution in [1.82, 2.24) is 10.4 Å². The lowest BCUT2D eigenvalue weighted by atomic mass is 10.3. The molecule has 0 radical (unpaired) electrons. The molecule has 0 amide bonds. The van der Waals surface area contributed by atoms with E-state index in [1.54, 1.807) is 24.3 Å². The van der Waals surface area contributed by atoms with Gasteiger partial charge in [-0.3, -0.25) is 4.79 Å². The SMILES string of the molecule is O=C(Cc1conn1)Oc1ccccc1. The third-order valence-corrected chi connectivity index (χ3v) is 1.71. The van der Waals surface area contributed by atoms with Crippen LogP contribution in [0.3, 0.4) is 0 Å². The highest BCUT2D eigenvalue weighted by Gasteiger charge is 2.08. The first kappa shape index (κ1) is 9.39. The monoisotopic (exact) mass is 204 g/mol. The molecule has 0 N–H and O–H groups in total. The van der Waals surface area contributed by atoms with Crippen molar-refractivity contribution in [2.45, 2.75) is 6.42 Å². The van der Waals surface area contributed by atoms with Gasteiger partial charge < -0.3 is 9.26 Å². The first-order chi connectivity index (χ1) is 7.34. The summed E-state index contributed by atoms with van der Waals surface area (Å²) in [6.07, 6.45) is 1.37. The number of ether oxygens (including phenoxy) is 1. The van der Waals surface area contributed by atoms with Crippen LogP contribution in [0.5, 0.6) is 5.75 Å². The third kappa shape index (κ3) is 2.63. The van der Waals surface area contributed by atoms with E-state index in [0.29, 0.717) is 11.4 Å². The van der Waals surface area contributed by atoms with Gasteiger partial charge in [-0.2, -0.15) is 0 Å². The zero-order valence-electron chi connectivity index (χ0n) is 7.79. The molecule has 0 aliphatic rings. The Bertz CT molecular complexity index is 425. The lowest BCUT2D eigenvalue weighted by Crippen LogP contribution is -2.11. The van der Waals surface area contributed by atoms with E-state index in [1.807, 2.05) is 6.07 Å². The van der Waals surface area contributed by atoms with Crippen LogP contribution in [0.15, 0.2) is 41.1 Å². The molecule has 2 aromatic rings. The van der Waals surface area contributed by atoms with Gasteiger partial charge in [0.2, 0.25) is 0 Å². The van der Waals surface area contributed by atoms with Crippen LogP contribution in [0.4, 0.5) is 0 Å². The highest BCUT2D eigenvalue weighted by molar-refractivity contribution is 5.74. The van der Waals surface area contributed by atoms with Gasteiger partial charge in [0.05, 0.1) is 6.42 Å². The van der Waals surface area contributed by atoms with E-state index in [1.165, 1.54) is 6.26 Å². The van der Waals surface area contributed by atoms with Crippen LogP contribution < -0.4 is 4.74 Å². The fraction of sp³-hybridized carbons (Fsp3) is 0.100. The molecule has 15 heavy (non-hydrogen) atoms. The van der Waals surface area contributed by atoms with Crippen molar-refractivity contribution in [2.75, 3.05) is 0 Å². The topological polar surface area (TPSA) is 65.2 Å². The van der Waals surface area contributed by atoms with Crippen LogP contribution in [0, 0.1) is 0 Å². The Morgan fingerprint density at radius 2 is 2.13 bits per heavy atom. The molecule has 76 valence electrons. The van der Waals surface area contributed by atoms with E-state index in [0.717, 1.165) is 0 Å². The lowest BCUT2D eigenvalue weighted by Gasteiger charge is -2.01. The second-order valence-electron chi connectivity index (χ2n) is 2.86. The Kier molecular flexibility index (Phi) is 2.73. The molecule has 1 aromatic heterocycles. The summed E-state index contributed by atoms with van der Waals surface area (Å²) in [5.74, 6) is 0.121. The standard InChI is InChI=1S/C10H8N2O3/c13-10(6-8-7-14-12-11-8)15-9-4-2-1-3-5-9/h1-5,7H,6H2. The van der Waals surface area contributed by atoms with Gasteiger partial charge >= 0.3 is 5.97 Å². The predicted molar refractivity (Wildman–Crippen MR) is 50.1 cm³/mol. The minimum absolute atomic E-state index is 0.0540. The summed E-state index contributed by atoms with van der Waals surface area (Å²) in [5.41, 5.74) is 0.455. The summed E-state index contributed by atoms with van der Waals surface area (Å²) in [6, 6.07) is 8.84. The Morgan fingerprint density at radius 1 is 1.33 bits per heavy atom. The predicted octanol–water partition coefficient (Wildman–Crippen LogP) is 1.22. The van der Waals surface area contributed by atoms with Crippen molar-refractivity contribution in [1.29, 1.82) is 0 Å². The lowest BCUT2D eigenvalue weighted by molar-refractivity contribution is -0.133. The van der Waals surface area contributed by atoms with Crippen LogP contribution in [0.25, 0.3) is 0 Å². The van der Waals surface area contributed by atoms with Crippen LogP contribution in [-0.4, -0.2) is 16.3 Å². The summed E-state index contributed by atoms with van der Waals surface area (Å²) < 4.78 is 9.54. The van der Waals surface area contributed by atoms with Crippen molar-refractivity contribution in [3.8, 4) is 5.75 Å². The first-order valence-corrected chi connectivity index (χ1v) is 4.36. The normalized spacial score (nSPS) is 9.87. The molecule has 0 atom stereocenters. The first-order valence-electron chi connectivity index (χ1n) is 4.36. The maximum Gasteiger partial charge on any atom is 0.317 e. The number of carbonyl (C=O) groups excluding carboxylic acids is 1. The minimum Gasteiger partial charge on any atom is -0.426 e. The van der Waals surface area contributed by atoms with Crippen LogP contribution in [-0.2, 0) is 11.2 Å². The molecule has 0 saturated carbocycles. The molecule has 1 aromatic carbocycles. The molecule has 0 fully saturated rings. The number of hydrogen-bond donors (Lipinski definition) is 0. The number of hydrogen-bond acceptors (Lipinski definition) is 5. The highest BCUT2D eigenvalue weighted by Crippen LogP contribution is 2.09. The fourth-order valence-electron chi connectivity index (χ4n) is 1.06. The quantitative estimate of drug-likeness (QED) is 0.555. The third-order valence-electron chi connectivity index (χ3n) is 1.71. The summed E-state index contributed by atoms with van der Waals surface area (Å²) in [4.78, 5) is 11.3. The molecule has 0 spiro atoms. The van der Waals surface area contributed by atoms with E-state index in [9.17, 15) is 4.79 Å². The molecular formula is C10H8N2O3. The van der Waals surface area contributed by atoms with E-state index in [-0.39, 0.29) is 6.42 Å². The molecule has 2 rings (SSSR count). The number of aromatic nitrogens is 2. The molecule has 0 bridgehead atoms. The van der Waals surface area contributed by atoms with Crippen molar-refractivity contribution in [2.24, 2.45) is 0 Å². The van der Waals surface area contributed by atoms with Gasteiger partial charge in [0.15, 0.2) is 0 Å². The summed E-state index contributed by atoms with van der Waals surface area (Å²) in [5, 5.41) is 6.83. The Labute approximate surface area is 85.6 Å². The van der Waals surface area contributed by atoms with Gasteiger partial charge in [-0.25, -0.2) is 0 Å². The van der Waals surface area contributed by atoms with Gasteiger partial charge in [0, 0.05) is 5.27 Å². The highest BCUT2D eigenvalue weighted by atomic mass is 16.5. The van der Waals surface area contributed by atoms with Crippen LogP contribution in [0.1, 0.15) is 5.69 Å². The van der Waals surface area contributed by atoms with Gasteiger partial charge in [0.1, 0.15) is 17.7 Å². The number of rotatable bonds is 3. The smallest absolute Gasteiger partial charge is 0.317 e. The van der Waals surface area contributed by atoms with E-state index in [4.69, 9.17) is 4.74 Å². The molecular weight excluding hydrogens is 196 g/mol. The van der Waals surface area contributed by atoms with Gasteiger partial charge in [0.25, 0.3) is 0 Å². The Balaban J connectivity index is 1.94. The second-order valence-corrected chi connectivity index (χ2v) is 2.86. The Hall–Kier alpha value is -2.17. The largest absolute Gasteiger partial charge is 0.426 e. The molecule has 1 heterocycles. The Morgan fingerprint density at radius 3 is 2.80 bits per heavy atom. The zero-order valence-corrected chi connectivity index (χ0v) is 7.79. The second kappa shape index (κ2) is 4.36. The molecule has 0 unspecified atom stereocenters. The molecule has 5 heteroatoms. The molecule has 0 saturated heterocycles. The summed E-state index contributed by atoms with van der Waals surface area (Å²) in [7, 11) is 0. The maximum atomic E-state index is 11.3. The molecule has 0 aliphatic carbocycles. The van der Waals surface area contributed by atoms with E-state index in [2.05, 4.69) is 14.9 Å². The van der Waals surface area contributed by atoms with Crippen molar-refractivity contribution >= 4 is 5.97 Å². The van der Waals surface area contributed by atoms with Crippen molar-refractivity contribution in [3.05, 3.63) is 42.3 Å². The molecule has 0 aliphatic heterocycles. The number of para-hydroxylation sites is 1. The average Bonchev–Trinajstić information content (AvgIpc) is 2.71. The number of carbonyl (C=O) groups is 1. The van der Waals surface area contributed by atoms with Gasteiger partial charge in [-0.1, -0.05) is 18.2 Å². The number of esters is 1. The van der Waals surface area contributed by atoms with E-state index < -0.39 is 5.97 Å². The maximum absolute atomic E-state index is 11.3. The minimum atomic E-state index is -0.392. The summed E-state index contributed by atoms with van der Waals surface area (Å²) in [6.45, 7) is 0. The van der Waals surface area contributed by atoms with Gasteiger partial charge in [-0.05, 0) is 12.1 Å².